The highest BCUT2D eigenvalue weighted by Crippen LogP contribution is 2.39. The predicted molar refractivity (Wildman–Crippen MR) is 171 cm³/mol. The summed E-state index contributed by atoms with van der Waals surface area (Å²) in [5.74, 6) is -2.29. The van der Waals surface area contributed by atoms with Crippen molar-refractivity contribution in [3.8, 4) is 34.3 Å². The van der Waals surface area contributed by atoms with E-state index in [0.29, 0.717) is 0 Å². The van der Waals surface area contributed by atoms with Crippen LogP contribution in [0.3, 0.4) is 0 Å². The Labute approximate surface area is 298 Å². The van der Waals surface area contributed by atoms with E-state index in [0.717, 1.165) is 12.1 Å². The largest absolute Gasteiger partial charge is 0.508 e. The van der Waals surface area contributed by atoms with Crippen LogP contribution in [0.1, 0.15) is 6.92 Å². The van der Waals surface area contributed by atoms with E-state index in [2.05, 4.69) is 0 Å². The van der Waals surface area contributed by atoms with Crippen LogP contribution in [0.25, 0.3) is 22.3 Å². The monoisotopic (exact) mass is 756 g/mol. The highest BCUT2D eigenvalue weighted by atomic mass is 16.8. The average molecular weight is 757 g/mol. The fourth-order valence-electron chi connectivity index (χ4n) is 6.35. The number of hydrogen-bond acceptors (Lipinski definition) is 20. The molecule has 0 saturated carbocycles. The Morgan fingerprint density at radius 3 is 1.87 bits per heavy atom. The molecule has 3 aliphatic rings. The van der Waals surface area contributed by atoms with Gasteiger partial charge in [0.2, 0.25) is 17.5 Å². The van der Waals surface area contributed by atoms with Crippen LogP contribution < -0.4 is 10.2 Å². The van der Waals surface area contributed by atoms with Crippen LogP contribution in [-0.2, 0) is 23.7 Å². The summed E-state index contributed by atoms with van der Waals surface area (Å²) >= 11 is 0. The van der Waals surface area contributed by atoms with Crippen molar-refractivity contribution in [2.45, 2.75) is 99.0 Å². The number of hydrogen-bond donors (Lipinski definition) is 12. The van der Waals surface area contributed by atoms with Gasteiger partial charge in [-0.15, -0.1) is 0 Å². The van der Waals surface area contributed by atoms with E-state index in [9.17, 15) is 66.1 Å². The molecule has 3 aliphatic heterocycles. The number of aromatic hydroxyl groups is 3. The first kappa shape index (κ1) is 39.0. The van der Waals surface area contributed by atoms with E-state index in [1.54, 1.807) is 0 Å². The lowest BCUT2D eigenvalue weighted by Crippen LogP contribution is -2.66. The molecule has 3 saturated heterocycles. The molecule has 20 heteroatoms. The topological polar surface area (TPSA) is 328 Å². The van der Waals surface area contributed by atoms with Gasteiger partial charge in [-0.2, -0.15) is 0 Å². The molecule has 4 heterocycles. The van der Waals surface area contributed by atoms with Crippen LogP contribution >= 0.6 is 0 Å². The highest BCUT2D eigenvalue weighted by molar-refractivity contribution is 5.88. The van der Waals surface area contributed by atoms with Gasteiger partial charge in [0.1, 0.15) is 89.3 Å². The molecule has 0 amide bonds. The first-order chi connectivity index (χ1) is 25.1. The first-order valence-corrected chi connectivity index (χ1v) is 16.4. The second-order valence-corrected chi connectivity index (χ2v) is 12.9. The van der Waals surface area contributed by atoms with E-state index in [-0.39, 0.29) is 22.7 Å². The minimum atomic E-state index is -2.00. The van der Waals surface area contributed by atoms with Gasteiger partial charge in [0, 0.05) is 17.7 Å². The van der Waals surface area contributed by atoms with Crippen molar-refractivity contribution in [1.29, 1.82) is 0 Å². The summed E-state index contributed by atoms with van der Waals surface area (Å²) < 4.78 is 40.1. The number of phenols is 3. The molecule has 15 unspecified atom stereocenters. The molecule has 0 aliphatic carbocycles. The molecule has 12 N–H and O–H groups in total. The van der Waals surface area contributed by atoms with Gasteiger partial charge in [0.05, 0.1) is 19.3 Å². The summed E-state index contributed by atoms with van der Waals surface area (Å²) in [7, 11) is 0. The van der Waals surface area contributed by atoms with Crippen LogP contribution in [-0.4, -0.2) is 167 Å². The van der Waals surface area contributed by atoms with Gasteiger partial charge in [-0.1, -0.05) is 0 Å². The number of fused-ring (bicyclic) bond motifs is 1. The Morgan fingerprint density at radius 1 is 0.642 bits per heavy atom. The molecule has 6 rings (SSSR count). The zero-order valence-corrected chi connectivity index (χ0v) is 27.7. The zero-order valence-electron chi connectivity index (χ0n) is 27.7. The molecule has 15 atom stereocenters. The van der Waals surface area contributed by atoms with E-state index in [1.807, 2.05) is 0 Å². The number of benzene rings is 2. The summed E-state index contributed by atoms with van der Waals surface area (Å²) in [4.78, 5) is 13.9. The Hall–Kier alpha value is -3.71. The second-order valence-electron chi connectivity index (χ2n) is 12.9. The minimum absolute atomic E-state index is 0.134. The number of aliphatic hydroxyl groups excluding tert-OH is 9. The molecule has 0 spiro atoms. The molecule has 3 aromatic rings. The third kappa shape index (κ3) is 7.39. The maximum absolute atomic E-state index is 13.9. The summed E-state index contributed by atoms with van der Waals surface area (Å²) in [6.45, 7) is -0.331. The molecule has 2 aromatic carbocycles. The minimum Gasteiger partial charge on any atom is -0.508 e. The van der Waals surface area contributed by atoms with Gasteiger partial charge in [-0.3, -0.25) is 4.79 Å². The Bertz CT molecular complexity index is 1780. The summed E-state index contributed by atoms with van der Waals surface area (Å²) in [6, 6.07) is 7.12. The molecule has 20 nitrogen and oxygen atoms in total. The zero-order chi connectivity index (χ0) is 38.5. The van der Waals surface area contributed by atoms with Crippen molar-refractivity contribution in [1.82, 2.24) is 0 Å². The lowest BCUT2D eigenvalue weighted by Gasteiger charge is -2.47. The van der Waals surface area contributed by atoms with Crippen molar-refractivity contribution in [2.24, 2.45) is 0 Å². The van der Waals surface area contributed by atoms with Gasteiger partial charge in [-0.05, 0) is 31.2 Å². The summed E-state index contributed by atoms with van der Waals surface area (Å²) in [5, 5.41) is 125. The molecule has 53 heavy (non-hydrogen) atoms. The molecule has 0 bridgehead atoms. The Morgan fingerprint density at radius 2 is 1.23 bits per heavy atom. The molecule has 0 radical (unpaired) electrons. The highest BCUT2D eigenvalue weighted by Gasteiger charge is 2.53. The van der Waals surface area contributed by atoms with E-state index < -0.39 is 133 Å². The first-order valence-electron chi connectivity index (χ1n) is 16.4. The molecular formula is C33H40O20. The van der Waals surface area contributed by atoms with Crippen molar-refractivity contribution in [2.75, 3.05) is 13.2 Å². The van der Waals surface area contributed by atoms with Gasteiger partial charge in [0.15, 0.2) is 24.4 Å². The molecular weight excluding hydrogens is 716 g/mol. The lowest BCUT2D eigenvalue weighted by molar-refractivity contribution is -0.378. The quantitative estimate of drug-likeness (QED) is 0.100. The van der Waals surface area contributed by atoms with Crippen molar-refractivity contribution < 1.29 is 94.1 Å². The molecule has 292 valence electrons. The van der Waals surface area contributed by atoms with Crippen LogP contribution in [0.2, 0.25) is 0 Å². The summed E-state index contributed by atoms with van der Waals surface area (Å²) in [6.07, 6.45) is -26.4. The second kappa shape index (κ2) is 15.6. The Kier molecular flexibility index (Phi) is 11.5. The maximum atomic E-state index is 13.9. The summed E-state index contributed by atoms with van der Waals surface area (Å²) in [5.41, 5.74) is -1.16. The fourth-order valence-corrected chi connectivity index (χ4v) is 6.35. The Balaban J connectivity index is 1.35. The number of aliphatic hydroxyl groups is 9. The number of ether oxygens (including phenoxy) is 6. The van der Waals surface area contributed by atoms with Crippen LogP contribution in [0.15, 0.2) is 45.6 Å². The van der Waals surface area contributed by atoms with Crippen molar-refractivity contribution in [3.63, 3.8) is 0 Å². The third-order valence-electron chi connectivity index (χ3n) is 9.32. The number of rotatable bonds is 9. The molecule has 3 fully saturated rings. The SMILES string of the molecule is CC1OC(OC2C(Oc3c(-c4ccc(O)cc4)oc4cc(O)cc(O)c4c3=O)OC(CO)C(O)C2O)C(O)C(OC2OC(CO)C(O)C(O)C2O)C1O. The van der Waals surface area contributed by atoms with E-state index >= 15 is 0 Å². The van der Waals surface area contributed by atoms with Crippen molar-refractivity contribution >= 4 is 11.0 Å². The van der Waals surface area contributed by atoms with Gasteiger partial charge in [-0.25, -0.2) is 0 Å². The van der Waals surface area contributed by atoms with Gasteiger partial charge < -0.3 is 94.1 Å². The van der Waals surface area contributed by atoms with Crippen molar-refractivity contribution in [3.05, 3.63) is 46.6 Å². The average Bonchev–Trinajstić information content (AvgIpc) is 3.12. The predicted octanol–water partition coefficient (Wildman–Crippen LogP) is -3.57. The smallest absolute Gasteiger partial charge is 0.239 e. The normalized spacial score (nSPS) is 37.8. The van der Waals surface area contributed by atoms with E-state index in [1.165, 1.54) is 31.2 Å². The fraction of sp³-hybridized carbons (Fsp3) is 0.545. The standard InChI is InChI=1S/C33H40O20/c1-10-19(39)28(51-31-25(45)23(43)20(40)16(8-34)49-31)26(46)32(47-10)53-30-24(44)21(41)17(9-35)50-33(30)52-29-22(42)18-14(38)6-13(37)7-15(18)48-27(29)11-2-4-12(36)5-3-11/h2-7,10,16-17,19-21,23-26,28,30-41,43-46H,8-9H2,1H3. The maximum Gasteiger partial charge on any atom is 0.239 e. The third-order valence-corrected chi connectivity index (χ3v) is 9.32. The molecule has 1 aromatic heterocycles. The lowest BCUT2D eigenvalue weighted by atomic mass is 9.96. The van der Waals surface area contributed by atoms with Crippen LogP contribution in [0.4, 0.5) is 0 Å². The van der Waals surface area contributed by atoms with E-state index in [4.69, 9.17) is 32.8 Å². The van der Waals surface area contributed by atoms with Crippen LogP contribution in [0.5, 0.6) is 23.0 Å². The van der Waals surface area contributed by atoms with Gasteiger partial charge in [0.25, 0.3) is 0 Å². The van der Waals surface area contributed by atoms with Crippen LogP contribution in [0, 0.1) is 0 Å². The number of phenolic OH excluding ortho intramolecular Hbond substituents is 3. The van der Waals surface area contributed by atoms with Gasteiger partial charge >= 0.3 is 0 Å².